The molecule has 5 atom stereocenters. The Kier molecular flexibility index (Phi) is 4.03. The van der Waals surface area contributed by atoms with Crippen LogP contribution in [-0.4, -0.2) is 53.5 Å². The fourth-order valence-electron chi connectivity index (χ4n) is 5.01. The van der Waals surface area contributed by atoms with E-state index >= 15 is 0 Å². The van der Waals surface area contributed by atoms with Gasteiger partial charge in [0.2, 0.25) is 17.7 Å². The first-order valence-electron chi connectivity index (χ1n) is 9.89. The van der Waals surface area contributed by atoms with Gasteiger partial charge in [0.15, 0.2) is 0 Å². The molecule has 1 saturated carbocycles. The van der Waals surface area contributed by atoms with Crippen molar-refractivity contribution >= 4 is 17.7 Å². The molecule has 3 amide bonds. The van der Waals surface area contributed by atoms with Gasteiger partial charge in [-0.15, -0.1) is 0 Å². The highest BCUT2D eigenvalue weighted by molar-refractivity contribution is 6.00. The normalized spacial score (nSPS) is 34.4. The van der Waals surface area contributed by atoms with Crippen LogP contribution in [0.25, 0.3) is 0 Å². The molecule has 2 N–H and O–H groups in total. The molecule has 3 aliphatic heterocycles. The number of fused-ring (bicyclic) bond motifs is 1. The number of nitrogens with zero attached hydrogens (tertiary/aromatic N) is 1. The van der Waals surface area contributed by atoms with E-state index in [0.29, 0.717) is 0 Å². The minimum atomic E-state index is -1.12. The van der Waals surface area contributed by atoms with Gasteiger partial charge in [-0.1, -0.05) is 24.3 Å². The first-order chi connectivity index (χ1) is 14.0. The molecular formula is C21H22FN3O4. The van der Waals surface area contributed by atoms with Crippen molar-refractivity contribution in [3.05, 3.63) is 47.8 Å². The largest absolute Gasteiger partial charge is 0.359 e. The van der Waals surface area contributed by atoms with Crippen LogP contribution in [0.2, 0.25) is 0 Å². The maximum Gasteiger partial charge on any atom is 0.246 e. The second kappa shape index (κ2) is 6.38. The van der Waals surface area contributed by atoms with Crippen LogP contribution in [-0.2, 0) is 25.7 Å². The third-order valence-electron chi connectivity index (χ3n) is 6.43. The number of rotatable bonds is 5. The number of amides is 3. The Morgan fingerprint density at radius 3 is 2.62 bits per heavy atom. The fourth-order valence-corrected chi connectivity index (χ4v) is 5.01. The summed E-state index contributed by atoms with van der Waals surface area (Å²) >= 11 is 0. The molecular weight excluding hydrogens is 377 g/mol. The summed E-state index contributed by atoms with van der Waals surface area (Å²) in [5.41, 5.74) is -0.361. The van der Waals surface area contributed by atoms with Gasteiger partial charge >= 0.3 is 0 Å². The van der Waals surface area contributed by atoms with Crippen LogP contribution >= 0.6 is 0 Å². The Balaban J connectivity index is 1.44. The summed E-state index contributed by atoms with van der Waals surface area (Å²) in [5, 5.41) is 5.49. The molecule has 0 aromatic heterocycles. The van der Waals surface area contributed by atoms with Crippen LogP contribution in [0.15, 0.2) is 36.4 Å². The van der Waals surface area contributed by atoms with Crippen LogP contribution in [0.3, 0.4) is 0 Å². The molecule has 152 valence electrons. The van der Waals surface area contributed by atoms with Crippen molar-refractivity contribution in [2.45, 2.75) is 43.2 Å². The highest BCUT2D eigenvalue weighted by Gasteiger charge is 2.73. The molecule has 2 bridgehead atoms. The third-order valence-corrected chi connectivity index (χ3v) is 6.43. The molecule has 1 aromatic carbocycles. The topological polar surface area (TPSA) is 87.7 Å². The first-order valence-corrected chi connectivity index (χ1v) is 9.89. The zero-order valence-electron chi connectivity index (χ0n) is 15.9. The number of hydrogen-bond donors (Lipinski definition) is 2. The Labute approximate surface area is 167 Å². The fraction of sp³-hybridized carbons (Fsp3) is 0.476. The average Bonchev–Trinajstić information content (AvgIpc) is 3.32. The van der Waals surface area contributed by atoms with Gasteiger partial charge in [0.1, 0.15) is 17.5 Å². The SMILES string of the molecule is CNC(=O)[C@@H]1[C@H]2C=C[C@@]3(O2)[C@H]1C(=O)N(C1CC1)[C@@H]3C(=O)NCc1ccc(F)cc1. The van der Waals surface area contributed by atoms with Crippen LogP contribution in [0.1, 0.15) is 18.4 Å². The number of hydrogen-bond acceptors (Lipinski definition) is 4. The smallest absolute Gasteiger partial charge is 0.246 e. The average molecular weight is 399 g/mol. The molecule has 5 rings (SSSR count). The zero-order valence-corrected chi connectivity index (χ0v) is 15.9. The quantitative estimate of drug-likeness (QED) is 0.706. The Bertz CT molecular complexity index is 913. The summed E-state index contributed by atoms with van der Waals surface area (Å²) in [6, 6.07) is 5.08. The van der Waals surface area contributed by atoms with Crippen LogP contribution < -0.4 is 10.6 Å². The van der Waals surface area contributed by atoms with Gasteiger partial charge in [0.05, 0.1) is 17.9 Å². The monoisotopic (exact) mass is 399 g/mol. The van der Waals surface area contributed by atoms with E-state index in [1.807, 2.05) is 0 Å². The molecule has 29 heavy (non-hydrogen) atoms. The predicted molar refractivity (Wildman–Crippen MR) is 99.7 cm³/mol. The van der Waals surface area contributed by atoms with E-state index in [0.717, 1.165) is 18.4 Å². The molecule has 0 radical (unpaired) electrons. The van der Waals surface area contributed by atoms with Gasteiger partial charge in [-0.3, -0.25) is 14.4 Å². The van der Waals surface area contributed by atoms with E-state index in [-0.39, 0.29) is 36.1 Å². The van der Waals surface area contributed by atoms with Crippen LogP contribution in [0.5, 0.6) is 0 Å². The number of likely N-dealkylation sites (tertiary alicyclic amines) is 1. The standard InChI is InChI=1S/C21H22FN3O4/c1-23-18(26)15-14-8-9-21(29-14)16(15)20(28)25(13-6-7-13)17(21)19(27)24-10-11-2-4-12(22)5-3-11/h2-5,8-9,13-17H,6-7,10H2,1H3,(H,23,26)(H,24,27)/t14-,15-,16-,17-,21-/m1/s1. The van der Waals surface area contributed by atoms with Gasteiger partial charge in [0.25, 0.3) is 0 Å². The van der Waals surface area contributed by atoms with Gasteiger partial charge in [0, 0.05) is 19.6 Å². The van der Waals surface area contributed by atoms with Crippen molar-refractivity contribution in [2.24, 2.45) is 11.8 Å². The summed E-state index contributed by atoms with van der Waals surface area (Å²) in [6.07, 6.45) is 4.77. The summed E-state index contributed by atoms with van der Waals surface area (Å²) in [6.45, 7) is 0.217. The second-order valence-electron chi connectivity index (χ2n) is 8.14. The molecule has 7 nitrogen and oxygen atoms in total. The molecule has 1 aromatic rings. The third kappa shape index (κ3) is 2.62. The Morgan fingerprint density at radius 1 is 1.24 bits per heavy atom. The predicted octanol–water partition coefficient (Wildman–Crippen LogP) is 0.501. The lowest BCUT2D eigenvalue weighted by atomic mass is 9.74. The summed E-state index contributed by atoms with van der Waals surface area (Å²) in [4.78, 5) is 40.7. The van der Waals surface area contributed by atoms with Crippen molar-refractivity contribution in [2.75, 3.05) is 7.05 Å². The summed E-state index contributed by atoms with van der Waals surface area (Å²) < 4.78 is 19.3. The van der Waals surface area contributed by atoms with E-state index < -0.39 is 29.6 Å². The van der Waals surface area contributed by atoms with E-state index in [1.54, 1.807) is 29.2 Å². The second-order valence-corrected chi connectivity index (χ2v) is 8.14. The Hall–Kier alpha value is -2.74. The maximum absolute atomic E-state index is 13.3. The summed E-state index contributed by atoms with van der Waals surface area (Å²) in [5.74, 6) is -2.42. The van der Waals surface area contributed by atoms with Crippen molar-refractivity contribution in [3.63, 3.8) is 0 Å². The molecule has 1 aliphatic carbocycles. The van der Waals surface area contributed by atoms with E-state index in [9.17, 15) is 18.8 Å². The lowest BCUT2D eigenvalue weighted by molar-refractivity contribution is -0.142. The highest BCUT2D eigenvalue weighted by Crippen LogP contribution is 2.56. The number of benzene rings is 1. The number of nitrogens with one attached hydrogen (secondary N) is 2. The van der Waals surface area contributed by atoms with E-state index in [1.165, 1.54) is 19.2 Å². The lowest BCUT2D eigenvalue weighted by Crippen LogP contribution is -2.55. The number of carbonyl (C=O) groups excluding carboxylic acids is 3. The number of carbonyl (C=O) groups is 3. The van der Waals surface area contributed by atoms with E-state index in [4.69, 9.17) is 4.74 Å². The molecule has 4 aliphatic rings. The number of ether oxygens (including phenoxy) is 1. The number of halogens is 1. The van der Waals surface area contributed by atoms with Crippen molar-refractivity contribution in [1.29, 1.82) is 0 Å². The molecule has 3 heterocycles. The van der Waals surface area contributed by atoms with Crippen LogP contribution in [0, 0.1) is 17.7 Å². The maximum atomic E-state index is 13.3. The molecule has 8 heteroatoms. The molecule has 2 saturated heterocycles. The first kappa shape index (κ1) is 18.3. The van der Waals surface area contributed by atoms with Crippen molar-refractivity contribution in [1.82, 2.24) is 15.5 Å². The van der Waals surface area contributed by atoms with Gasteiger partial charge in [-0.25, -0.2) is 4.39 Å². The Morgan fingerprint density at radius 2 is 1.97 bits per heavy atom. The molecule has 3 fully saturated rings. The summed E-state index contributed by atoms with van der Waals surface area (Å²) in [7, 11) is 1.54. The molecule has 1 spiro atoms. The van der Waals surface area contributed by atoms with Crippen molar-refractivity contribution < 1.29 is 23.5 Å². The zero-order chi connectivity index (χ0) is 20.3. The molecule has 0 unspecified atom stereocenters. The minimum Gasteiger partial charge on any atom is -0.359 e. The van der Waals surface area contributed by atoms with Crippen LogP contribution in [0.4, 0.5) is 4.39 Å². The van der Waals surface area contributed by atoms with E-state index in [2.05, 4.69) is 10.6 Å². The van der Waals surface area contributed by atoms with Gasteiger partial charge in [-0.05, 0) is 30.5 Å². The van der Waals surface area contributed by atoms with Gasteiger partial charge in [-0.2, -0.15) is 0 Å². The lowest BCUT2D eigenvalue weighted by Gasteiger charge is -2.32. The van der Waals surface area contributed by atoms with Gasteiger partial charge < -0.3 is 20.3 Å². The minimum absolute atomic E-state index is 0.00503. The van der Waals surface area contributed by atoms with Crippen molar-refractivity contribution in [3.8, 4) is 0 Å². The highest BCUT2D eigenvalue weighted by atomic mass is 19.1.